The SMILES string of the molecule is C=CCNC(=O)CCCCCn1c(=S)[nH]c2ccc(Br)cc2c1=O. The number of nitrogens with zero attached hydrogens (tertiary/aromatic N) is 1. The molecule has 0 atom stereocenters. The normalized spacial score (nSPS) is 10.7. The van der Waals surface area contributed by atoms with E-state index in [0.29, 0.717) is 29.7 Å². The first-order valence-electron chi connectivity index (χ1n) is 7.83. The van der Waals surface area contributed by atoms with Crippen molar-refractivity contribution in [2.75, 3.05) is 6.54 Å². The second-order valence-corrected chi connectivity index (χ2v) is 6.78. The highest BCUT2D eigenvalue weighted by Gasteiger charge is 2.06. The van der Waals surface area contributed by atoms with Crippen LogP contribution in [0.25, 0.3) is 10.9 Å². The van der Waals surface area contributed by atoms with Crippen LogP contribution in [0.2, 0.25) is 0 Å². The van der Waals surface area contributed by atoms with Gasteiger partial charge in [0.2, 0.25) is 5.91 Å². The van der Waals surface area contributed by atoms with Gasteiger partial charge in [0.1, 0.15) is 0 Å². The molecule has 0 bridgehead atoms. The summed E-state index contributed by atoms with van der Waals surface area (Å²) < 4.78 is 2.87. The van der Waals surface area contributed by atoms with Crippen molar-refractivity contribution in [1.82, 2.24) is 14.9 Å². The van der Waals surface area contributed by atoms with E-state index in [4.69, 9.17) is 12.2 Å². The maximum Gasteiger partial charge on any atom is 0.262 e. The van der Waals surface area contributed by atoms with Crippen molar-refractivity contribution in [2.24, 2.45) is 0 Å². The van der Waals surface area contributed by atoms with Gasteiger partial charge in [-0.3, -0.25) is 14.2 Å². The highest BCUT2D eigenvalue weighted by atomic mass is 79.9. The molecule has 0 unspecified atom stereocenters. The predicted molar refractivity (Wildman–Crippen MR) is 103 cm³/mol. The van der Waals surface area contributed by atoms with Gasteiger partial charge in [-0.1, -0.05) is 28.4 Å². The summed E-state index contributed by atoms with van der Waals surface area (Å²) in [6, 6.07) is 5.50. The van der Waals surface area contributed by atoms with Gasteiger partial charge in [-0.2, -0.15) is 0 Å². The summed E-state index contributed by atoms with van der Waals surface area (Å²) in [6.07, 6.45) is 4.59. The number of carbonyl (C=O) groups is 1. The number of aromatic nitrogens is 2. The van der Waals surface area contributed by atoms with E-state index in [9.17, 15) is 9.59 Å². The van der Waals surface area contributed by atoms with Gasteiger partial charge >= 0.3 is 0 Å². The summed E-state index contributed by atoms with van der Waals surface area (Å²) in [4.78, 5) is 27.1. The topological polar surface area (TPSA) is 66.9 Å². The van der Waals surface area contributed by atoms with Gasteiger partial charge < -0.3 is 10.3 Å². The highest BCUT2D eigenvalue weighted by Crippen LogP contribution is 2.15. The minimum atomic E-state index is -0.0845. The average molecular weight is 410 g/mol. The molecule has 0 radical (unpaired) electrons. The molecule has 2 rings (SSSR count). The lowest BCUT2D eigenvalue weighted by molar-refractivity contribution is -0.121. The van der Waals surface area contributed by atoms with Crippen LogP contribution in [0.4, 0.5) is 0 Å². The summed E-state index contributed by atoms with van der Waals surface area (Å²) in [5, 5.41) is 3.36. The Labute approximate surface area is 153 Å². The summed E-state index contributed by atoms with van der Waals surface area (Å²) >= 11 is 8.67. The fourth-order valence-electron chi connectivity index (χ4n) is 2.43. The van der Waals surface area contributed by atoms with E-state index in [1.807, 2.05) is 12.1 Å². The number of H-pyrrole nitrogens is 1. The fourth-order valence-corrected chi connectivity index (χ4v) is 3.08. The lowest BCUT2D eigenvalue weighted by Crippen LogP contribution is -2.23. The molecule has 1 amide bonds. The summed E-state index contributed by atoms with van der Waals surface area (Å²) in [6.45, 7) is 4.60. The number of amides is 1. The molecule has 0 saturated heterocycles. The molecular weight excluding hydrogens is 390 g/mol. The lowest BCUT2D eigenvalue weighted by Gasteiger charge is -2.08. The number of halogens is 1. The maximum atomic E-state index is 12.6. The number of carbonyl (C=O) groups excluding carboxylic acids is 1. The number of nitrogens with one attached hydrogen (secondary N) is 2. The van der Waals surface area contributed by atoms with E-state index < -0.39 is 0 Å². The van der Waals surface area contributed by atoms with Crippen molar-refractivity contribution < 1.29 is 4.79 Å². The fraction of sp³-hybridized carbons (Fsp3) is 0.353. The molecule has 5 nitrogen and oxygen atoms in total. The Morgan fingerprint density at radius 2 is 2.17 bits per heavy atom. The van der Waals surface area contributed by atoms with Crippen LogP contribution in [-0.4, -0.2) is 22.0 Å². The third-order valence-electron chi connectivity index (χ3n) is 3.67. The minimum Gasteiger partial charge on any atom is -0.353 e. The predicted octanol–water partition coefficient (Wildman–Crippen LogP) is 3.68. The molecule has 2 N–H and O–H groups in total. The monoisotopic (exact) mass is 409 g/mol. The van der Waals surface area contributed by atoms with Crippen molar-refractivity contribution in [3.05, 3.63) is 50.5 Å². The maximum absolute atomic E-state index is 12.6. The van der Waals surface area contributed by atoms with Crippen LogP contribution >= 0.6 is 28.1 Å². The molecule has 24 heavy (non-hydrogen) atoms. The van der Waals surface area contributed by atoms with Gasteiger partial charge in [0.25, 0.3) is 5.56 Å². The number of rotatable bonds is 8. The summed E-state index contributed by atoms with van der Waals surface area (Å²) in [7, 11) is 0. The molecule has 7 heteroatoms. The molecule has 128 valence electrons. The van der Waals surface area contributed by atoms with Crippen LogP contribution in [0, 0.1) is 4.77 Å². The Morgan fingerprint density at radius 3 is 2.92 bits per heavy atom. The standard InChI is InChI=1S/C17H20BrN3O2S/c1-2-9-19-15(22)6-4-3-5-10-21-16(23)13-11-12(18)7-8-14(13)20-17(21)24/h2,7-8,11H,1,3-6,9-10H2,(H,19,22)(H,20,24). The zero-order valence-electron chi connectivity index (χ0n) is 13.3. The Balaban J connectivity index is 1.96. The van der Waals surface area contributed by atoms with Crippen LogP contribution < -0.4 is 10.9 Å². The molecule has 0 saturated carbocycles. The molecular formula is C17H20BrN3O2S. The van der Waals surface area contributed by atoms with Crippen molar-refractivity contribution in [3.8, 4) is 0 Å². The van der Waals surface area contributed by atoms with Gasteiger partial charge in [-0.25, -0.2) is 0 Å². The second kappa shape index (κ2) is 8.94. The van der Waals surface area contributed by atoms with Crippen LogP contribution in [0.15, 0.2) is 40.1 Å². The van der Waals surface area contributed by atoms with E-state index in [2.05, 4.69) is 32.8 Å². The molecule has 2 aromatic rings. The van der Waals surface area contributed by atoms with E-state index in [1.54, 1.807) is 16.7 Å². The van der Waals surface area contributed by atoms with E-state index in [0.717, 1.165) is 29.3 Å². The van der Waals surface area contributed by atoms with E-state index in [-0.39, 0.29) is 11.5 Å². The van der Waals surface area contributed by atoms with Crippen molar-refractivity contribution in [1.29, 1.82) is 0 Å². The van der Waals surface area contributed by atoms with E-state index >= 15 is 0 Å². The summed E-state index contributed by atoms with van der Waals surface area (Å²) in [5.41, 5.74) is 0.655. The molecule has 0 spiro atoms. The average Bonchev–Trinajstić information content (AvgIpc) is 2.56. The van der Waals surface area contributed by atoms with Gasteiger partial charge in [0.05, 0.1) is 10.9 Å². The smallest absolute Gasteiger partial charge is 0.262 e. The largest absolute Gasteiger partial charge is 0.353 e. The molecule has 1 aromatic heterocycles. The first-order valence-corrected chi connectivity index (χ1v) is 9.03. The molecule has 0 fully saturated rings. The molecule has 1 heterocycles. The first kappa shape index (κ1) is 18.6. The molecule has 0 aliphatic carbocycles. The summed E-state index contributed by atoms with van der Waals surface area (Å²) in [5.74, 6) is 0.0277. The number of hydrogen-bond acceptors (Lipinski definition) is 3. The second-order valence-electron chi connectivity index (χ2n) is 5.48. The van der Waals surface area contributed by atoms with Gasteiger partial charge in [0, 0.05) is 24.0 Å². The molecule has 0 aliphatic heterocycles. The van der Waals surface area contributed by atoms with Gasteiger partial charge in [-0.05, 0) is 43.3 Å². The molecule has 1 aromatic carbocycles. The number of aromatic amines is 1. The quantitative estimate of drug-likeness (QED) is 0.396. The number of unbranched alkanes of at least 4 members (excludes halogenated alkanes) is 2. The molecule has 0 aliphatic rings. The van der Waals surface area contributed by atoms with E-state index in [1.165, 1.54) is 0 Å². The Morgan fingerprint density at radius 1 is 1.38 bits per heavy atom. The minimum absolute atomic E-state index is 0.0277. The van der Waals surface area contributed by atoms with Crippen LogP contribution in [0.3, 0.4) is 0 Å². The highest BCUT2D eigenvalue weighted by molar-refractivity contribution is 9.10. The Hall–Kier alpha value is -1.73. The number of benzene rings is 1. The Bertz CT molecular complexity index is 857. The lowest BCUT2D eigenvalue weighted by atomic mass is 10.2. The van der Waals surface area contributed by atoms with Crippen molar-refractivity contribution in [3.63, 3.8) is 0 Å². The van der Waals surface area contributed by atoms with Crippen LogP contribution in [-0.2, 0) is 11.3 Å². The Kier molecular flexibility index (Phi) is 6.93. The van der Waals surface area contributed by atoms with Gasteiger partial charge in [-0.15, -0.1) is 6.58 Å². The van der Waals surface area contributed by atoms with Crippen molar-refractivity contribution >= 4 is 45.0 Å². The zero-order chi connectivity index (χ0) is 17.5. The number of hydrogen-bond donors (Lipinski definition) is 2. The third-order valence-corrected chi connectivity index (χ3v) is 4.49. The zero-order valence-corrected chi connectivity index (χ0v) is 15.7. The van der Waals surface area contributed by atoms with Gasteiger partial charge in [0.15, 0.2) is 4.77 Å². The first-order chi connectivity index (χ1) is 11.5. The number of fused-ring (bicyclic) bond motifs is 1. The third kappa shape index (κ3) is 4.88. The van der Waals surface area contributed by atoms with Crippen LogP contribution in [0.1, 0.15) is 25.7 Å². The van der Waals surface area contributed by atoms with Crippen LogP contribution in [0.5, 0.6) is 0 Å². The van der Waals surface area contributed by atoms with Crippen molar-refractivity contribution in [2.45, 2.75) is 32.2 Å².